The van der Waals surface area contributed by atoms with Crippen LogP contribution in [-0.4, -0.2) is 44.7 Å². The molecule has 1 amide bonds. The van der Waals surface area contributed by atoms with Gasteiger partial charge in [0.05, 0.1) is 25.8 Å². The first-order valence-electron chi connectivity index (χ1n) is 10.7. The Bertz CT molecular complexity index is 1080. The average Bonchev–Trinajstić information content (AvgIpc) is 2.71. The number of pyridine rings is 1. The number of aryl methyl sites for hydroxylation is 2. The van der Waals surface area contributed by atoms with Crippen LogP contribution in [0.25, 0.3) is 11.1 Å². The Morgan fingerprint density at radius 2 is 1.76 bits per heavy atom. The molecule has 0 bridgehead atoms. The van der Waals surface area contributed by atoms with E-state index < -0.39 is 34.1 Å². The van der Waals surface area contributed by atoms with Crippen molar-refractivity contribution in [3.8, 4) is 11.1 Å². The molecule has 0 spiro atoms. The van der Waals surface area contributed by atoms with Crippen LogP contribution in [0.3, 0.4) is 0 Å². The zero-order valence-corrected chi connectivity index (χ0v) is 20.7. The first kappa shape index (κ1) is 26.5. The van der Waals surface area contributed by atoms with E-state index in [0.717, 1.165) is 28.5 Å². The van der Waals surface area contributed by atoms with E-state index in [9.17, 15) is 18.0 Å². The summed E-state index contributed by atoms with van der Waals surface area (Å²) in [6.45, 7) is 7.72. The predicted octanol–water partition coefficient (Wildman–Crippen LogP) is 3.48. The third kappa shape index (κ3) is 7.94. The first-order chi connectivity index (χ1) is 15.4. The minimum absolute atomic E-state index is 0.00980. The second-order valence-corrected chi connectivity index (χ2v) is 10.1. The van der Waals surface area contributed by atoms with Crippen molar-refractivity contribution in [1.29, 1.82) is 0 Å². The molecule has 33 heavy (non-hydrogen) atoms. The maximum absolute atomic E-state index is 13.0. The van der Waals surface area contributed by atoms with Crippen LogP contribution >= 0.6 is 0 Å². The maximum atomic E-state index is 13.0. The Balaban J connectivity index is 2.42. The number of methoxy groups -OCH3 is 1. The minimum atomic E-state index is -3.86. The molecule has 1 N–H and O–H groups in total. The summed E-state index contributed by atoms with van der Waals surface area (Å²) < 4.78 is 33.2. The first-order valence-corrected chi connectivity index (χ1v) is 12.5. The highest BCUT2D eigenvalue weighted by Gasteiger charge is 2.29. The van der Waals surface area contributed by atoms with Gasteiger partial charge in [-0.2, -0.15) is 8.42 Å². The van der Waals surface area contributed by atoms with E-state index in [1.807, 2.05) is 52.0 Å². The average molecular weight is 477 g/mol. The Morgan fingerprint density at radius 1 is 1.12 bits per heavy atom. The lowest BCUT2D eigenvalue weighted by Crippen LogP contribution is -2.41. The molecule has 8 nitrogen and oxygen atoms in total. The molecule has 0 saturated heterocycles. The lowest BCUT2D eigenvalue weighted by molar-refractivity contribution is -0.141. The van der Waals surface area contributed by atoms with E-state index in [0.29, 0.717) is 5.56 Å². The van der Waals surface area contributed by atoms with Crippen LogP contribution in [0.15, 0.2) is 36.7 Å². The molecule has 1 aromatic heterocycles. The highest BCUT2D eigenvalue weighted by molar-refractivity contribution is 7.86. The highest BCUT2D eigenvalue weighted by Crippen LogP contribution is 2.29. The zero-order chi connectivity index (χ0) is 24.8. The molecule has 180 valence electrons. The van der Waals surface area contributed by atoms with E-state index >= 15 is 0 Å². The number of aromatic nitrogens is 1. The molecule has 2 aromatic rings. The van der Waals surface area contributed by atoms with Gasteiger partial charge in [0.1, 0.15) is 0 Å². The summed E-state index contributed by atoms with van der Waals surface area (Å²) in [7, 11) is -2.59. The Hall–Kier alpha value is -2.78. The van der Waals surface area contributed by atoms with Crippen LogP contribution in [0, 0.1) is 19.8 Å². The van der Waals surface area contributed by atoms with Gasteiger partial charge in [-0.05, 0) is 54.5 Å². The number of rotatable bonds is 10. The van der Waals surface area contributed by atoms with Crippen molar-refractivity contribution in [3.63, 3.8) is 0 Å². The highest BCUT2D eigenvalue weighted by atomic mass is 32.2. The smallest absolute Gasteiger partial charge is 0.307 e. The van der Waals surface area contributed by atoms with Crippen LogP contribution in [0.4, 0.5) is 0 Å². The van der Waals surface area contributed by atoms with Crippen molar-refractivity contribution < 1.29 is 26.9 Å². The molecule has 0 aliphatic rings. The Morgan fingerprint density at radius 3 is 2.30 bits per heavy atom. The number of amides is 1. The van der Waals surface area contributed by atoms with Gasteiger partial charge in [0.15, 0.2) is 6.10 Å². The normalized spacial score (nSPS) is 13.4. The SMILES string of the molecule is COC(=O)CC(NC(=O)[C@@H](CC(C)C)OS(C)(=O)=O)c1cncc(-c2c(C)cccc2C)c1. The molecule has 2 atom stereocenters. The number of ether oxygens (including phenoxy) is 1. The van der Waals surface area contributed by atoms with Gasteiger partial charge in [0.2, 0.25) is 0 Å². The van der Waals surface area contributed by atoms with Crippen LogP contribution in [-0.2, 0) is 28.6 Å². The number of nitrogens with zero attached hydrogens (tertiary/aromatic N) is 1. The van der Waals surface area contributed by atoms with E-state index in [4.69, 9.17) is 8.92 Å². The summed E-state index contributed by atoms with van der Waals surface area (Å²) in [4.78, 5) is 29.4. The molecule has 0 aliphatic heterocycles. The monoisotopic (exact) mass is 476 g/mol. The standard InChI is InChI=1S/C24H32N2O6S/c1-15(2)10-21(32-33(6,29)30)24(28)26-20(12-22(27)31-5)18-11-19(14-25-13-18)23-16(3)8-7-9-17(23)4/h7-9,11,13-15,20-21H,10,12H2,1-6H3,(H,26,28)/t20?,21-/m1/s1. The van der Waals surface area contributed by atoms with Crippen LogP contribution < -0.4 is 5.32 Å². The largest absolute Gasteiger partial charge is 0.469 e. The van der Waals surface area contributed by atoms with Gasteiger partial charge in [0, 0.05) is 18.0 Å². The second kappa shape index (κ2) is 11.4. The molecular formula is C24H32N2O6S. The van der Waals surface area contributed by atoms with E-state index in [1.54, 1.807) is 12.4 Å². The van der Waals surface area contributed by atoms with Crippen LogP contribution in [0.2, 0.25) is 0 Å². The molecule has 0 fully saturated rings. The zero-order valence-electron chi connectivity index (χ0n) is 19.9. The molecule has 1 heterocycles. The van der Waals surface area contributed by atoms with Gasteiger partial charge in [-0.25, -0.2) is 0 Å². The van der Waals surface area contributed by atoms with Crippen molar-refractivity contribution >= 4 is 22.0 Å². The summed E-state index contributed by atoms with van der Waals surface area (Å²) in [6.07, 6.45) is 3.04. The fraction of sp³-hybridized carbons (Fsp3) is 0.458. The number of benzene rings is 1. The number of hydrogen-bond acceptors (Lipinski definition) is 7. The van der Waals surface area contributed by atoms with Gasteiger partial charge in [-0.1, -0.05) is 32.0 Å². The van der Waals surface area contributed by atoms with Crippen molar-refractivity contribution in [1.82, 2.24) is 10.3 Å². The number of carbonyl (C=O) groups is 2. The fourth-order valence-corrected chi connectivity index (χ4v) is 4.24. The summed E-state index contributed by atoms with van der Waals surface area (Å²) >= 11 is 0. The van der Waals surface area contributed by atoms with E-state index in [2.05, 4.69) is 10.3 Å². The van der Waals surface area contributed by atoms with Gasteiger partial charge < -0.3 is 10.1 Å². The van der Waals surface area contributed by atoms with Gasteiger partial charge in [-0.3, -0.25) is 18.8 Å². The van der Waals surface area contributed by atoms with Crippen molar-refractivity contribution in [2.75, 3.05) is 13.4 Å². The lowest BCUT2D eigenvalue weighted by atomic mass is 9.94. The topological polar surface area (TPSA) is 112 Å². The predicted molar refractivity (Wildman–Crippen MR) is 126 cm³/mol. The van der Waals surface area contributed by atoms with Crippen molar-refractivity contribution in [2.45, 2.75) is 52.7 Å². The quantitative estimate of drug-likeness (QED) is 0.413. The van der Waals surface area contributed by atoms with Crippen molar-refractivity contribution in [3.05, 3.63) is 53.3 Å². The van der Waals surface area contributed by atoms with Crippen LogP contribution in [0.1, 0.15) is 49.4 Å². The summed E-state index contributed by atoms with van der Waals surface area (Å²) in [5, 5.41) is 2.77. The van der Waals surface area contributed by atoms with Gasteiger partial charge >= 0.3 is 5.97 Å². The summed E-state index contributed by atoms with van der Waals surface area (Å²) in [5.74, 6) is -1.14. The number of nitrogens with one attached hydrogen (secondary N) is 1. The molecule has 9 heteroatoms. The molecule has 0 radical (unpaired) electrons. The number of carbonyl (C=O) groups excluding carboxylic acids is 2. The maximum Gasteiger partial charge on any atom is 0.307 e. The summed E-state index contributed by atoms with van der Waals surface area (Å²) in [6, 6.07) is 7.07. The molecule has 0 saturated carbocycles. The third-order valence-corrected chi connectivity index (χ3v) is 5.70. The Kier molecular flexibility index (Phi) is 9.13. The number of hydrogen-bond donors (Lipinski definition) is 1. The van der Waals surface area contributed by atoms with E-state index in [1.165, 1.54) is 7.11 Å². The molecule has 0 aliphatic carbocycles. The molecule has 2 rings (SSSR count). The second-order valence-electron chi connectivity index (χ2n) is 8.53. The van der Waals surface area contributed by atoms with Gasteiger partial charge in [-0.15, -0.1) is 0 Å². The molecule has 1 aromatic carbocycles. The minimum Gasteiger partial charge on any atom is -0.469 e. The number of esters is 1. The Labute approximate surface area is 195 Å². The van der Waals surface area contributed by atoms with E-state index in [-0.39, 0.29) is 18.8 Å². The van der Waals surface area contributed by atoms with Crippen LogP contribution in [0.5, 0.6) is 0 Å². The third-order valence-electron chi connectivity index (χ3n) is 5.12. The lowest BCUT2D eigenvalue weighted by Gasteiger charge is -2.23. The summed E-state index contributed by atoms with van der Waals surface area (Å²) in [5.41, 5.74) is 4.60. The molecular weight excluding hydrogens is 444 g/mol. The van der Waals surface area contributed by atoms with Crippen molar-refractivity contribution in [2.24, 2.45) is 5.92 Å². The van der Waals surface area contributed by atoms with Gasteiger partial charge in [0.25, 0.3) is 16.0 Å². The molecule has 1 unspecified atom stereocenters. The fourth-order valence-electron chi connectivity index (χ4n) is 3.65.